The lowest BCUT2D eigenvalue weighted by molar-refractivity contribution is -0.135. The number of hydrogen-bond acceptors (Lipinski definition) is 3. The van der Waals surface area contributed by atoms with Crippen LogP contribution < -0.4 is 5.32 Å². The molecule has 2 fully saturated rings. The second-order valence-electron chi connectivity index (χ2n) is 5.25. The molecule has 2 aliphatic heterocycles. The molecular formula is C13H24N2O2. The zero-order chi connectivity index (χ0) is 12.3. The smallest absolute Gasteiger partial charge is 0.228 e. The van der Waals surface area contributed by atoms with Gasteiger partial charge in [0.05, 0.1) is 18.6 Å². The van der Waals surface area contributed by atoms with Gasteiger partial charge in [0.25, 0.3) is 0 Å². The van der Waals surface area contributed by atoms with Gasteiger partial charge in [-0.1, -0.05) is 0 Å². The van der Waals surface area contributed by atoms with Crippen LogP contribution in [-0.4, -0.2) is 49.2 Å². The first-order valence-corrected chi connectivity index (χ1v) is 6.84. The number of rotatable bonds is 4. The predicted octanol–water partition coefficient (Wildman–Crippen LogP) is 1.01. The van der Waals surface area contributed by atoms with Gasteiger partial charge in [-0.05, 0) is 39.7 Å². The van der Waals surface area contributed by atoms with Crippen molar-refractivity contribution in [2.24, 2.45) is 5.92 Å². The van der Waals surface area contributed by atoms with Crippen LogP contribution in [0.25, 0.3) is 0 Å². The fourth-order valence-electron chi connectivity index (χ4n) is 2.80. The molecule has 2 aliphatic rings. The van der Waals surface area contributed by atoms with Crippen LogP contribution >= 0.6 is 0 Å². The third-order valence-corrected chi connectivity index (χ3v) is 3.84. The Hall–Kier alpha value is -0.610. The maximum absolute atomic E-state index is 12.3. The van der Waals surface area contributed by atoms with Crippen LogP contribution in [-0.2, 0) is 9.53 Å². The van der Waals surface area contributed by atoms with Crippen molar-refractivity contribution in [3.8, 4) is 0 Å². The van der Waals surface area contributed by atoms with Crippen LogP contribution in [0.1, 0.15) is 33.1 Å². The Kier molecular flexibility index (Phi) is 4.40. The third-order valence-electron chi connectivity index (χ3n) is 3.84. The first-order chi connectivity index (χ1) is 8.20. The van der Waals surface area contributed by atoms with Crippen LogP contribution in [0.15, 0.2) is 0 Å². The van der Waals surface area contributed by atoms with Gasteiger partial charge in [0.15, 0.2) is 0 Å². The molecule has 3 atom stereocenters. The predicted molar refractivity (Wildman–Crippen MR) is 66.8 cm³/mol. The summed E-state index contributed by atoms with van der Waals surface area (Å²) >= 11 is 0. The molecule has 2 saturated heterocycles. The van der Waals surface area contributed by atoms with Gasteiger partial charge in [0.1, 0.15) is 0 Å². The van der Waals surface area contributed by atoms with Gasteiger partial charge in [-0.15, -0.1) is 0 Å². The first kappa shape index (κ1) is 12.8. The van der Waals surface area contributed by atoms with Crippen molar-refractivity contribution in [2.45, 2.75) is 45.3 Å². The van der Waals surface area contributed by atoms with Crippen molar-refractivity contribution >= 4 is 5.91 Å². The summed E-state index contributed by atoms with van der Waals surface area (Å²) in [5.74, 6) is 0.372. The maximum Gasteiger partial charge on any atom is 0.228 e. The number of carbonyl (C=O) groups excluding carboxylic acids is 1. The highest BCUT2D eigenvalue weighted by Crippen LogP contribution is 2.21. The summed E-state index contributed by atoms with van der Waals surface area (Å²) in [6.07, 6.45) is 3.56. The second-order valence-corrected chi connectivity index (χ2v) is 5.25. The Bertz CT molecular complexity index is 264. The summed E-state index contributed by atoms with van der Waals surface area (Å²) < 4.78 is 5.49. The van der Waals surface area contributed by atoms with E-state index < -0.39 is 0 Å². The molecule has 0 radical (unpaired) electrons. The van der Waals surface area contributed by atoms with Crippen molar-refractivity contribution in [1.29, 1.82) is 0 Å². The van der Waals surface area contributed by atoms with Gasteiger partial charge in [0, 0.05) is 19.1 Å². The molecule has 3 unspecified atom stereocenters. The Morgan fingerprint density at radius 3 is 2.88 bits per heavy atom. The quantitative estimate of drug-likeness (QED) is 0.797. The number of amides is 1. The van der Waals surface area contributed by atoms with Crippen molar-refractivity contribution in [2.75, 3.05) is 26.2 Å². The van der Waals surface area contributed by atoms with Crippen molar-refractivity contribution in [3.63, 3.8) is 0 Å². The van der Waals surface area contributed by atoms with Gasteiger partial charge < -0.3 is 15.0 Å². The van der Waals surface area contributed by atoms with Crippen LogP contribution in [0.4, 0.5) is 0 Å². The van der Waals surface area contributed by atoms with Crippen molar-refractivity contribution < 1.29 is 9.53 Å². The molecule has 1 amide bonds. The maximum atomic E-state index is 12.3. The van der Waals surface area contributed by atoms with E-state index in [1.165, 1.54) is 12.8 Å². The van der Waals surface area contributed by atoms with Crippen LogP contribution in [0.5, 0.6) is 0 Å². The average molecular weight is 240 g/mol. The number of nitrogens with zero attached hydrogens (tertiary/aromatic N) is 1. The first-order valence-electron chi connectivity index (χ1n) is 6.84. The van der Waals surface area contributed by atoms with Gasteiger partial charge >= 0.3 is 0 Å². The normalized spacial score (nSPS) is 32.9. The van der Waals surface area contributed by atoms with Gasteiger partial charge in [-0.3, -0.25) is 4.79 Å². The fourth-order valence-corrected chi connectivity index (χ4v) is 2.80. The molecule has 2 rings (SSSR count). The molecule has 2 heterocycles. The van der Waals surface area contributed by atoms with E-state index in [4.69, 9.17) is 4.74 Å². The molecular weight excluding hydrogens is 216 g/mol. The number of ether oxygens (including phenoxy) is 1. The summed E-state index contributed by atoms with van der Waals surface area (Å²) in [6, 6.07) is 0.499. The molecule has 0 spiro atoms. The minimum Gasteiger partial charge on any atom is -0.378 e. The van der Waals surface area contributed by atoms with E-state index in [0.717, 1.165) is 26.1 Å². The zero-order valence-corrected chi connectivity index (χ0v) is 10.9. The fraction of sp³-hybridized carbons (Fsp3) is 0.923. The molecule has 4 heteroatoms. The molecule has 1 N–H and O–H groups in total. The minimum atomic E-state index is 0.0892. The van der Waals surface area contributed by atoms with Gasteiger partial charge in [0.2, 0.25) is 5.91 Å². The lowest BCUT2D eigenvalue weighted by atomic mass is 10.0. The number of likely N-dealkylation sites (N-methyl/N-ethyl adjacent to an activating group) is 1. The summed E-state index contributed by atoms with van der Waals surface area (Å²) in [5, 5.41) is 3.45. The lowest BCUT2D eigenvalue weighted by Crippen LogP contribution is -2.43. The van der Waals surface area contributed by atoms with Crippen molar-refractivity contribution in [3.05, 3.63) is 0 Å². The van der Waals surface area contributed by atoms with E-state index in [9.17, 15) is 4.79 Å². The highest BCUT2D eigenvalue weighted by molar-refractivity contribution is 5.79. The Morgan fingerprint density at radius 2 is 2.35 bits per heavy atom. The van der Waals surface area contributed by atoms with E-state index in [1.807, 2.05) is 11.8 Å². The van der Waals surface area contributed by atoms with E-state index in [-0.39, 0.29) is 17.9 Å². The third kappa shape index (κ3) is 3.19. The Balaban J connectivity index is 1.86. The Morgan fingerprint density at radius 1 is 1.53 bits per heavy atom. The summed E-state index contributed by atoms with van der Waals surface area (Å²) in [7, 11) is 0. The molecule has 0 aromatic heterocycles. The molecule has 0 bridgehead atoms. The van der Waals surface area contributed by atoms with Gasteiger partial charge in [-0.2, -0.15) is 0 Å². The molecule has 17 heavy (non-hydrogen) atoms. The molecule has 0 aromatic rings. The van der Waals surface area contributed by atoms with E-state index in [0.29, 0.717) is 12.6 Å². The van der Waals surface area contributed by atoms with E-state index >= 15 is 0 Å². The highest BCUT2D eigenvalue weighted by atomic mass is 16.5. The lowest BCUT2D eigenvalue weighted by Gasteiger charge is -2.26. The molecule has 0 saturated carbocycles. The number of carbonyl (C=O) groups is 1. The second kappa shape index (κ2) is 5.83. The summed E-state index contributed by atoms with van der Waals surface area (Å²) in [5.41, 5.74) is 0. The zero-order valence-electron chi connectivity index (χ0n) is 10.9. The Labute approximate surface area is 104 Å². The standard InChI is InChI=1S/C13H24N2O2/c1-3-15(8-12-5-4-6-14-12)13(16)11-7-10(2)17-9-11/h10-12,14H,3-9H2,1-2H3. The van der Waals surface area contributed by atoms with Gasteiger partial charge in [-0.25, -0.2) is 0 Å². The van der Waals surface area contributed by atoms with Crippen LogP contribution in [0, 0.1) is 5.92 Å². The molecule has 0 aliphatic carbocycles. The molecule has 4 nitrogen and oxygen atoms in total. The van der Waals surface area contributed by atoms with Crippen LogP contribution in [0.3, 0.4) is 0 Å². The van der Waals surface area contributed by atoms with E-state index in [2.05, 4.69) is 12.2 Å². The van der Waals surface area contributed by atoms with Crippen molar-refractivity contribution in [1.82, 2.24) is 10.2 Å². The SMILES string of the molecule is CCN(CC1CCCN1)C(=O)C1COC(C)C1. The summed E-state index contributed by atoms with van der Waals surface area (Å²) in [4.78, 5) is 14.3. The molecule has 0 aromatic carbocycles. The monoisotopic (exact) mass is 240 g/mol. The highest BCUT2D eigenvalue weighted by Gasteiger charge is 2.32. The molecule has 98 valence electrons. The van der Waals surface area contributed by atoms with E-state index in [1.54, 1.807) is 0 Å². The number of hydrogen-bond donors (Lipinski definition) is 1. The average Bonchev–Trinajstić information content (AvgIpc) is 2.96. The topological polar surface area (TPSA) is 41.6 Å². The minimum absolute atomic E-state index is 0.0892. The largest absolute Gasteiger partial charge is 0.378 e. The summed E-state index contributed by atoms with van der Waals surface area (Å²) in [6.45, 7) is 7.48. The number of nitrogens with one attached hydrogen (secondary N) is 1. The van der Waals surface area contributed by atoms with Crippen LogP contribution in [0.2, 0.25) is 0 Å².